The fourth-order valence-electron chi connectivity index (χ4n) is 4.60. The molecule has 0 radical (unpaired) electrons. The van der Waals surface area contributed by atoms with Crippen LogP contribution in [0.4, 0.5) is 11.5 Å². The molecule has 1 amide bonds. The van der Waals surface area contributed by atoms with Crippen LogP contribution in [0.5, 0.6) is 5.75 Å². The standard InChI is InChI=1S/C27H27N5O5/c1-2-35-21-8-6-20(7-9-21)29-25(33)19(18-28)17-22-24(30-23-5-3-4-12-32(23)26(22)34)31-13-10-27(11-14-31)36-15-16-37-27/h3-9,12,17H,2,10-11,13-16H2,1H3,(H,29,33)/b19-17-. The SMILES string of the molecule is CCOc1ccc(NC(=O)/C(C#N)=C\c2c(N3CCC4(CC3)OCCO4)nc3ccccn3c2=O)cc1. The van der Waals surface area contributed by atoms with Crippen LogP contribution in [0, 0.1) is 11.3 Å². The van der Waals surface area contributed by atoms with Crippen molar-refractivity contribution in [2.24, 2.45) is 0 Å². The van der Waals surface area contributed by atoms with Gasteiger partial charge in [0.1, 0.15) is 28.9 Å². The van der Waals surface area contributed by atoms with Crippen molar-refractivity contribution in [3.63, 3.8) is 0 Å². The maximum absolute atomic E-state index is 13.5. The number of piperidine rings is 1. The second-order valence-electron chi connectivity index (χ2n) is 8.76. The Balaban J connectivity index is 1.48. The van der Waals surface area contributed by atoms with Gasteiger partial charge in [0.25, 0.3) is 11.5 Å². The number of hydrogen-bond donors (Lipinski definition) is 1. The van der Waals surface area contributed by atoms with Crippen molar-refractivity contribution >= 4 is 29.1 Å². The van der Waals surface area contributed by atoms with E-state index in [1.807, 2.05) is 17.9 Å². The molecule has 10 nitrogen and oxygen atoms in total. The average Bonchev–Trinajstić information content (AvgIpc) is 3.37. The largest absolute Gasteiger partial charge is 0.494 e. The molecule has 0 saturated carbocycles. The van der Waals surface area contributed by atoms with Gasteiger partial charge in [0.15, 0.2) is 5.79 Å². The van der Waals surface area contributed by atoms with E-state index in [1.54, 1.807) is 48.7 Å². The predicted octanol–water partition coefficient (Wildman–Crippen LogP) is 2.98. The number of hydrogen-bond acceptors (Lipinski definition) is 8. The number of anilines is 2. The summed E-state index contributed by atoms with van der Waals surface area (Å²) in [4.78, 5) is 33.2. The molecule has 10 heteroatoms. The number of fused-ring (bicyclic) bond motifs is 1. The zero-order valence-electron chi connectivity index (χ0n) is 20.5. The molecule has 5 rings (SSSR count). The summed E-state index contributed by atoms with van der Waals surface area (Å²) in [6, 6.07) is 14.0. The van der Waals surface area contributed by atoms with E-state index in [2.05, 4.69) is 5.32 Å². The minimum Gasteiger partial charge on any atom is -0.494 e. The number of pyridine rings is 1. The average molecular weight is 502 g/mol. The molecule has 2 aromatic heterocycles. The van der Waals surface area contributed by atoms with Crippen molar-refractivity contribution in [2.75, 3.05) is 43.1 Å². The third-order valence-electron chi connectivity index (χ3n) is 6.46. The summed E-state index contributed by atoms with van der Waals surface area (Å²) < 4.78 is 18.5. The minimum atomic E-state index is -0.625. The summed E-state index contributed by atoms with van der Waals surface area (Å²) in [5.41, 5.74) is 0.578. The van der Waals surface area contributed by atoms with Gasteiger partial charge in [0, 0.05) is 37.8 Å². The number of carbonyl (C=O) groups is 1. The van der Waals surface area contributed by atoms with Gasteiger partial charge in [-0.25, -0.2) is 4.98 Å². The molecule has 4 heterocycles. The van der Waals surface area contributed by atoms with Crippen LogP contribution in [0.3, 0.4) is 0 Å². The number of carbonyl (C=O) groups excluding carboxylic acids is 1. The minimum absolute atomic E-state index is 0.173. The normalized spacial score (nSPS) is 17.1. The maximum atomic E-state index is 13.5. The summed E-state index contributed by atoms with van der Waals surface area (Å²) in [5.74, 6) is -0.118. The maximum Gasteiger partial charge on any atom is 0.267 e. The van der Waals surface area contributed by atoms with Gasteiger partial charge in [-0.1, -0.05) is 6.07 Å². The molecule has 0 atom stereocenters. The van der Waals surface area contributed by atoms with Crippen molar-refractivity contribution in [2.45, 2.75) is 25.6 Å². The van der Waals surface area contributed by atoms with Crippen LogP contribution in [0.15, 0.2) is 59.0 Å². The topological polar surface area (TPSA) is 118 Å². The quantitative estimate of drug-likeness (QED) is 0.405. The summed E-state index contributed by atoms with van der Waals surface area (Å²) in [7, 11) is 0. The molecule has 1 spiro atoms. The van der Waals surface area contributed by atoms with Crippen LogP contribution >= 0.6 is 0 Å². The highest BCUT2D eigenvalue weighted by Crippen LogP contribution is 2.33. The van der Waals surface area contributed by atoms with E-state index in [1.165, 1.54) is 10.5 Å². The third-order valence-corrected chi connectivity index (χ3v) is 6.46. The second-order valence-corrected chi connectivity index (χ2v) is 8.76. The molecule has 2 aliphatic heterocycles. The van der Waals surface area contributed by atoms with Gasteiger partial charge < -0.3 is 24.4 Å². The Bertz CT molecular complexity index is 1420. The van der Waals surface area contributed by atoms with Crippen molar-refractivity contribution < 1.29 is 19.0 Å². The van der Waals surface area contributed by atoms with Crippen LogP contribution < -0.4 is 20.5 Å². The molecule has 1 N–H and O–H groups in total. The molecule has 2 saturated heterocycles. The highest BCUT2D eigenvalue weighted by atomic mass is 16.7. The first-order valence-electron chi connectivity index (χ1n) is 12.2. The molecule has 2 aliphatic rings. The lowest BCUT2D eigenvalue weighted by molar-refractivity contribution is -0.169. The first-order valence-corrected chi connectivity index (χ1v) is 12.2. The molecule has 0 bridgehead atoms. The number of ether oxygens (including phenoxy) is 3. The van der Waals surface area contributed by atoms with Gasteiger partial charge in [-0.05, 0) is 49.4 Å². The van der Waals surface area contributed by atoms with Crippen molar-refractivity contribution in [3.8, 4) is 11.8 Å². The van der Waals surface area contributed by atoms with Gasteiger partial charge in [-0.3, -0.25) is 14.0 Å². The van der Waals surface area contributed by atoms with Crippen LogP contribution in [0.25, 0.3) is 11.7 Å². The van der Waals surface area contributed by atoms with Gasteiger partial charge >= 0.3 is 0 Å². The van der Waals surface area contributed by atoms with Gasteiger partial charge in [0.2, 0.25) is 0 Å². The van der Waals surface area contributed by atoms with Crippen LogP contribution in [0.2, 0.25) is 0 Å². The van der Waals surface area contributed by atoms with E-state index in [0.717, 1.165) is 0 Å². The number of nitriles is 1. The Morgan fingerprint density at radius 3 is 2.59 bits per heavy atom. The van der Waals surface area contributed by atoms with E-state index in [9.17, 15) is 14.9 Å². The Morgan fingerprint density at radius 2 is 1.92 bits per heavy atom. The smallest absolute Gasteiger partial charge is 0.267 e. The van der Waals surface area contributed by atoms with Crippen molar-refractivity contribution in [1.29, 1.82) is 5.26 Å². The molecule has 190 valence electrons. The van der Waals surface area contributed by atoms with E-state index >= 15 is 0 Å². The highest BCUT2D eigenvalue weighted by Gasteiger charge is 2.40. The first-order chi connectivity index (χ1) is 18.0. The highest BCUT2D eigenvalue weighted by molar-refractivity contribution is 6.10. The van der Waals surface area contributed by atoms with E-state index in [4.69, 9.17) is 19.2 Å². The number of amides is 1. The molecular weight excluding hydrogens is 474 g/mol. The van der Waals surface area contributed by atoms with E-state index in [-0.39, 0.29) is 16.7 Å². The van der Waals surface area contributed by atoms with Crippen LogP contribution in [-0.4, -0.2) is 54.0 Å². The molecule has 1 aromatic carbocycles. The monoisotopic (exact) mass is 501 g/mol. The second kappa shape index (κ2) is 10.4. The fraction of sp³-hybridized carbons (Fsp3) is 0.333. The van der Waals surface area contributed by atoms with Crippen molar-refractivity contribution in [1.82, 2.24) is 9.38 Å². The number of nitrogens with one attached hydrogen (secondary N) is 1. The number of rotatable bonds is 6. The Kier molecular flexibility index (Phi) is 6.90. The Morgan fingerprint density at radius 1 is 1.19 bits per heavy atom. The molecule has 0 unspecified atom stereocenters. The summed E-state index contributed by atoms with van der Waals surface area (Å²) in [6.07, 6.45) is 4.18. The summed E-state index contributed by atoms with van der Waals surface area (Å²) in [5, 5.41) is 12.5. The van der Waals surface area contributed by atoms with Gasteiger partial charge in [0.05, 0.1) is 25.4 Å². The molecule has 2 fully saturated rings. The van der Waals surface area contributed by atoms with Crippen molar-refractivity contribution in [3.05, 3.63) is 70.2 Å². The van der Waals surface area contributed by atoms with Gasteiger partial charge in [-0.2, -0.15) is 5.26 Å². The van der Waals surface area contributed by atoms with Crippen LogP contribution in [0.1, 0.15) is 25.3 Å². The molecule has 3 aromatic rings. The lowest BCUT2D eigenvalue weighted by Gasteiger charge is -2.38. The van der Waals surface area contributed by atoms with E-state index in [0.29, 0.717) is 68.7 Å². The van der Waals surface area contributed by atoms with Gasteiger partial charge in [-0.15, -0.1) is 0 Å². The van der Waals surface area contributed by atoms with E-state index < -0.39 is 11.7 Å². The lowest BCUT2D eigenvalue weighted by Crippen LogP contribution is -2.46. The zero-order chi connectivity index (χ0) is 25.8. The number of benzene rings is 1. The number of nitrogens with zero attached hydrogens (tertiary/aromatic N) is 4. The molecule has 0 aliphatic carbocycles. The van der Waals surface area contributed by atoms with Crippen LogP contribution in [-0.2, 0) is 14.3 Å². The predicted molar refractivity (Wildman–Crippen MR) is 137 cm³/mol. The Labute approximate surface area is 213 Å². The summed E-state index contributed by atoms with van der Waals surface area (Å²) in [6.45, 7) is 4.66. The zero-order valence-corrected chi connectivity index (χ0v) is 20.5. The lowest BCUT2D eigenvalue weighted by atomic mass is 10.0. The molecule has 37 heavy (non-hydrogen) atoms. The number of aromatic nitrogens is 2. The fourth-order valence-corrected chi connectivity index (χ4v) is 4.60. The molecular formula is C27H27N5O5. The first kappa shape index (κ1) is 24.5. The third kappa shape index (κ3) is 5.05. The summed E-state index contributed by atoms with van der Waals surface area (Å²) >= 11 is 0. The Hall–Kier alpha value is -4.20.